The SMILES string of the molecule is FC1(F)CCC(C2CCNC2)CC1. The fourth-order valence-electron chi connectivity index (χ4n) is 2.61. The van der Waals surface area contributed by atoms with Gasteiger partial charge in [0.15, 0.2) is 0 Å². The molecule has 0 aromatic heterocycles. The maximum atomic E-state index is 12.8. The topological polar surface area (TPSA) is 12.0 Å². The number of hydrogen-bond acceptors (Lipinski definition) is 1. The first-order valence-electron chi connectivity index (χ1n) is 5.26. The third-order valence-corrected chi connectivity index (χ3v) is 3.53. The van der Waals surface area contributed by atoms with Gasteiger partial charge in [0.2, 0.25) is 5.92 Å². The molecule has 2 aliphatic rings. The molecule has 1 aliphatic carbocycles. The Kier molecular flexibility index (Phi) is 2.54. The average molecular weight is 189 g/mol. The highest BCUT2D eigenvalue weighted by atomic mass is 19.3. The molecule has 1 heterocycles. The molecule has 1 aliphatic heterocycles. The van der Waals surface area contributed by atoms with Crippen molar-refractivity contribution in [3.8, 4) is 0 Å². The molecule has 1 unspecified atom stereocenters. The normalized spacial score (nSPS) is 35.1. The zero-order valence-electron chi connectivity index (χ0n) is 7.86. The highest BCUT2D eigenvalue weighted by Gasteiger charge is 2.37. The fraction of sp³-hybridized carbons (Fsp3) is 1.00. The molecule has 0 spiro atoms. The van der Waals surface area contributed by atoms with Gasteiger partial charge >= 0.3 is 0 Å². The summed E-state index contributed by atoms with van der Waals surface area (Å²) in [5, 5.41) is 3.30. The second-order valence-electron chi connectivity index (χ2n) is 4.45. The third-order valence-electron chi connectivity index (χ3n) is 3.53. The van der Waals surface area contributed by atoms with Crippen molar-refractivity contribution in [3.63, 3.8) is 0 Å². The van der Waals surface area contributed by atoms with Crippen LogP contribution in [0.2, 0.25) is 0 Å². The highest BCUT2D eigenvalue weighted by molar-refractivity contribution is 4.84. The van der Waals surface area contributed by atoms with Crippen LogP contribution in [-0.2, 0) is 0 Å². The largest absolute Gasteiger partial charge is 0.316 e. The summed E-state index contributed by atoms with van der Waals surface area (Å²) in [6.07, 6.45) is 2.90. The van der Waals surface area contributed by atoms with Crippen LogP contribution < -0.4 is 5.32 Å². The first-order valence-corrected chi connectivity index (χ1v) is 5.26. The van der Waals surface area contributed by atoms with Crippen LogP contribution in [0.1, 0.15) is 32.1 Å². The lowest BCUT2D eigenvalue weighted by atomic mass is 9.78. The van der Waals surface area contributed by atoms with Gasteiger partial charge in [-0.3, -0.25) is 0 Å². The Balaban J connectivity index is 1.83. The van der Waals surface area contributed by atoms with E-state index >= 15 is 0 Å². The van der Waals surface area contributed by atoms with E-state index in [0.717, 1.165) is 25.9 Å². The molecule has 1 saturated heterocycles. The van der Waals surface area contributed by atoms with E-state index in [1.54, 1.807) is 0 Å². The van der Waals surface area contributed by atoms with Crippen molar-refractivity contribution in [1.29, 1.82) is 0 Å². The van der Waals surface area contributed by atoms with Crippen molar-refractivity contribution >= 4 is 0 Å². The van der Waals surface area contributed by atoms with Gasteiger partial charge < -0.3 is 5.32 Å². The molecule has 1 N–H and O–H groups in total. The van der Waals surface area contributed by atoms with Gasteiger partial charge in [-0.25, -0.2) is 8.78 Å². The van der Waals surface area contributed by atoms with Gasteiger partial charge in [0.05, 0.1) is 0 Å². The zero-order chi connectivity index (χ0) is 9.31. The van der Waals surface area contributed by atoms with E-state index in [0.29, 0.717) is 11.8 Å². The summed E-state index contributed by atoms with van der Waals surface area (Å²) in [6.45, 7) is 2.13. The van der Waals surface area contributed by atoms with Crippen LogP contribution in [0.25, 0.3) is 0 Å². The Bertz CT molecular complexity index is 166. The van der Waals surface area contributed by atoms with E-state index in [1.165, 1.54) is 6.42 Å². The van der Waals surface area contributed by atoms with Gasteiger partial charge in [0.25, 0.3) is 0 Å². The molecule has 13 heavy (non-hydrogen) atoms. The molecule has 0 radical (unpaired) electrons. The molecule has 1 atom stereocenters. The monoisotopic (exact) mass is 189 g/mol. The van der Waals surface area contributed by atoms with Crippen LogP contribution in [0, 0.1) is 11.8 Å². The lowest BCUT2D eigenvalue weighted by Crippen LogP contribution is -2.29. The van der Waals surface area contributed by atoms with Crippen LogP contribution in [0.4, 0.5) is 8.78 Å². The summed E-state index contributed by atoms with van der Waals surface area (Å²) in [6, 6.07) is 0. The van der Waals surface area contributed by atoms with Crippen molar-refractivity contribution in [3.05, 3.63) is 0 Å². The summed E-state index contributed by atoms with van der Waals surface area (Å²) >= 11 is 0. The van der Waals surface area contributed by atoms with Crippen molar-refractivity contribution < 1.29 is 8.78 Å². The molecule has 2 rings (SSSR count). The lowest BCUT2D eigenvalue weighted by molar-refractivity contribution is -0.0512. The molecule has 2 fully saturated rings. The highest BCUT2D eigenvalue weighted by Crippen LogP contribution is 2.40. The first kappa shape index (κ1) is 9.38. The smallest absolute Gasteiger partial charge is 0.248 e. The van der Waals surface area contributed by atoms with Gasteiger partial charge in [-0.2, -0.15) is 0 Å². The van der Waals surface area contributed by atoms with Crippen molar-refractivity contribution in [2.24, 2.45) is 11.8 Å². The van der Waals surface area contributed by atoms with Gasteiger partial charge in [0, 0.05) is 12.8 Å². The van der Waals surface area contributed by atoms with Crippen LogP contribution in [0.3, 0.4) is 0 Å². The number of alkyl halides is 2. The quantitative estimate of drug-likeness (QED) is 0.668. The maximum Gasteiger partial charge on any atom is 0.248 e. The zero-order valence-corrected chi connectivity index (χ0v) is 7.86. The number of halogens is 2. The van der Waals surface area contributed by atoms with E-state index in [1.807, 2.05) is 0 Å². The average Bonchev–Trinajstić information content (AvgIpc) is 2.56. The minimum atomic E-state index is -2.36. The van der Waals surface area contributed by atoms with Crippen LogP contribution >= 0.6 is 0 Å². The molecule has 0 aromatic rings. The first-order chi connectivity index (χ1) is 6.17. The Morgan fingerprint density at radius 1 is 1.00 bits per heavy atom. The fourth-order valence-corrected chi connectivity index (χ4v) is 2.61. The standard InChI is InChI=1S/C10H17F2N/c11-10(12)4-1-8(2-5-10)9-3-6-13-7-9/h8-9,13H,1-7H2. The van der Waals surface area contributed by atoms with E-state index in [-0.39, 0.29) is 12.8 Å². The summed E-state index contributed by atoms with van der Waals surface area (Å²) in [7, 11) is 0. The number of nitrogens with one attached hydrogen (secondary N) is 1. The van der Waals surface area contributed by atoms with Gasteiger partial charge in [-0.1, -0.05) is 0 Å². The van der Waals surface area contributed by atoms with Crippen LogP contribution in [-0.4, -0.2) is 19.0 Å². The van der Waals surface area contributed by atoms with Crippen LogP contribution in [0.5, 0.6) is 0 Å². The molecule has 1 saturated carbocycles. The molecule has 0 aromatic carbocycles. The Labute approximate surface area is 77.9 Å². The van der Waals surface area contributed by atoms with Gasteiger partial charge in [-0.05, 0) is 44.2 Å². The van der Waals surface area contributed by atoms with E-state index < -0.39 is 5.92 Å². The molecular formula is C10H17F2N. The van der Waals surface area contributed by atoms with E-state index in [9.17, 15) is 8.78 Å². The van der Waals surface area contributed by atoms with Crippen molar-refractivity contribution in [1.82, 2.24) is 5.32 Å². The Morgan fingerprint density at radius 3 is 2.23 bits per heavy atom. The molecule has 1 nitrogen and oxygen atoms in total. The molecule has 0 amide bonds. The summed E-state index contributed by atoms with van der Waals surface area (Å²) in [5.41, 5.74) is 0. The number of hydrogen-bond donors (Lipinski definition) is 1. The van der Waals surface area contributed by atoms with Crippen LogP contribution in [0.15, 0.2) is 0 Å². The molecule has 0 bridgehead atoms. The van der Waals surface area contributed by atoms with Crippen molar-refractivity contribution in [2.45, 2.75) is 38.0 Å². The molecular weight excluding hydrogens is 172 g/mol. The Morgan fingerprint density at radius 2 is 1.69 bits per heavy atom. The second kappa shape index (κ2) is 3.52. The lowest BCUT2D eigenvalue weighted by Gasteiger charge is -2.31. The van der Waals surface area contributed by atoms with E-state index in [2.05, 4.69) is 5.32 Å². The van der Waals surface area contributed by atoms with Crippen molar-refractivity contribution in [2.75, 3.05) is 13.1 Å². The molecule has 76 valence electrons. The minimum absolute atomic E-state index is 0.119. The van der Waals surface area contributed by atoms with Gasteiger partial charge in [0.1, 0.15) is 0 Å². The predicted octanol–water partition coefficient (Wildman–Crippen LogP) is 2.42. The number of rotatable bonds is 1. The minimum Gasteiger partial charge on any atom is -0.316 e. The summed E-state index contributed by atoms with van der Waals surface area (Å²) in [4.78, 5) is 0. The maximum absolute atomic E-state index is 12.8. The summed E-state index contributed by atoms with van der Waals surface area (Å²) < 4.78 is 25.7. The van der Waals surface area contributed by atoms with E-state index in [4.69, 9.17) is 0 Å². The molecule has 3 heteroatoms. The predicted molar refractivity (Wildman–Crippen MR) is 47.9 cm³/mol. The van der Waals surface area contributed by atoms with Gasteiger partial charge in [-0.15, -0.1) is 0 Å². The summed E-state index contributed by atoms with van der Waals surface area (Å²) in [5.74, 6) is -1.12. The third kappa shape index (κ3) is 2.19. The second-order valence-corrected chi connectivity index (χ2v) is 4.45. The Hall–Kier alpha value is -0.180.